The van der Waals surface area contributed by atoms with Crippen LogP contribution in [0.3, 0.4) is 0 Å². The second-order valence-electron chi connectivity index (χ2n) is 8.02. The van der Waals surface area contributed by atoms with Crippen LogP contribution in [0.2, 0.25) is 0 Å². The van der Waals surface area contributed by atoms with Crippen LogP contribution in [0.1, 0.15) is 6.42 Å². The second-order valence-corrected chi connectivity index (χ2v) is 9.19. The first kappa shape index (κ1) is 22.1. The van der Waals surface area contributed by atoms with Gasteiger partial charge in [-0.3, -0.25) is 9.69 Å². The predicted octanol–water partition coefficient (Wildman–Crippen LogP) is 3.96. The normalized spacial score (nSPS) is 18.1. The van der Waals surface area contributed by atoms with Gasteiger partial charge in [0.1, 0.15) is 6.29 Å². The summed E-state index contributed by atoms with van der Waals surface area (Å²) in [6.45, 7) is 7.88. The molecule has 0 amide bonds. The van der Waals surface area contributed by atoms with Gasteiger partial charge in [-0.05, 0) is 59.3 Å². The van der Waals surface area contributed by atoms with Gasteiger partial charge in [-0.25, -0.2) is 4.31 Å². The van der Waals surface area contributed by atoms with Crippen LogP contribution in [0.25, 0.3) is 11.1 Å². The molecular weight excluding hydrogens is 406 g/mol. The maximum absolute atomic E-state index is 10.9. The van der Waals surface area contributed by atoms with E-state index in [1.165, 1.54) is 21.7 Å². The Labute approximate surface area is 189 Å². The molecule has 6 heteroatoms. The molecule has 0 saturated carbocycles. The molecule has 0 aromatic heterocycles. The number of rotatable bonds is 8. The standard InChI is InChI=1S/C25H31N3O2S/c1-30-19-18-26-14-16-27(17-15-26)24-6-2-22(3-7-24)23-4-8-25(9-5-23)31-28-12-10-21(20-29)11-13-28/h2-10,20H,11-19H2,1H3. The summed E-state index contributed by atoms with van der Waals surface area (Å²) in [6.07, 6.45) is 3.84. The molecule has 31 heavy (non-hydrogen) atoms. The van der Waals surface area contributed by atoms with Crippen LogP contribution in [0.5, 0.6) is 0 Å². The molecule has 0 N–H and O–H groups in total. The molecular formula is C25H31N3O2S. The highest BCUT2D eigenvalue weighted by molar-refractivity contribution is 7.97. The predicted molar refractivity (Wildman–Crippen MR) is 129 cm³/mol. The first-order valence-electron chi connectivity index (χ1n) is 11.0. The van der Waals surface area contributed by atoms with Gasteiger partial charge in [-0.2, -0.15) is 0 Å². The molecule has 0 unspecified atom stereocenters. The number of hydrogen-bond acceptors (Lipinski definition) is 6. The zero-order valence-electron chi connectivity index (χ0n) is 18.2. The largest absolute Gasteiger partial charge is 0.383 e. The molecule has 0 bridgehead atoms. The molecule has 0 radical (unpaired) electrons. The Morgan fingerprint density at radius 3 is 2.19 bits per heavy atom. The first-order valence-corrected chi connectivity index (χ1v) is 11.8. The highest BCUT2D eigenvalue weighted by Crippen LogP contribution is 2.29. The third-order valence-electron chi connectivity index (χ3n) is 6.00. The van der Waals surface area contributed by atoms with Crippen molar-refractivity contribution in [1.29, 1.82) is 0 Å². The Bertz CT molecular complexity index is 875. The van der Waals surface area contributed by atoms with Crippen LogP contribution >= 0.6 is 11.9 Å². The summed E-state index contributed by atoms with van der Waals surface area (Å²) in [5.74, 6) is 0. The van der Waals surface area contributed by atoms with E-state index in [2.05, 4.69) is 62.6 Å². The lowest BCUT2D eigenvalue weighted by molar-refractivity contribution is -0.105. The van der Waals surface area contributed by atoms with Gasteiger partial charge >= 0.3 is 0 Å². The summed E-state index contributed by atoms with van der Waals surface area (Å²) in [7, 11) is 1.77. The number of hydrogen-bond donors (Lipinski definition) is 0. The second kappa shape index (κ2) is 11.0. The van der Waals surface area contributed by atoms with Crippen molar-refractivity contribution in [3.8, 4) is 11.1 Å². The molecule has 0 atom stereocenters. The van der Waals surface area contributed by atoms with E-state index in [-0.39, 0.29) is 0 Å². The van der Waals surface area contributed by atoms with Crippen LogP contribution < -0.4 is 4.90 Å². The maximum atomic E-state index is 10.9. The summed E-state index contributed by atoms with van der Waals surface area (Å²) in [5, 5.41) is 0. The van der Waals surface area contributed by atoms with Crippen molar-refractivity contribution < 1.29 is 9.53 Å². The van der Waals surface area contributed by atoms with Gasteiger partial charge in [0.2, 0.25) is 0 Å². The quantitative estimate of drug-likeness (QED) is 0.460. The summed E-state index contributed by atoms with van der Waals surface area (Å²) >= 11 is 1.76. The lowest BCUT2D eigenvalue weighted by Gasteiger charge is -2.36. The number of anilines is 1. The van der Waals surface area contributed by atoms with Crippen molar-refractivity contribution in [3.63, 3.8) is 0 Å². The molecule has 4 rings (SSSR count). The van der Waals surface area contributed by atoms with E-state index in [1.807, 2.05) is 6.08 Å². The first-order chi connectivity index (χ1) is 15.2. The van der Waals surface area contributed by atoms with E-state index in [0.717, 1.165) is 70.7 Å². The topological polar surface area (TPSA) is 36.0 Å². The van der Waals surface area contributed by atoms with E-state index in [4.69, 9.17) is 4.74 Å². The van der Waals surface area contributed by atoms with Gasteiger partial charge in [0.25, 0.3) is 0 Å². The Morgan fingerprint density at radius 1 is 0.935 bits per heavy atom. The summed E-state index contributed by atoms with van der Waals surface area (Å²) in [5.41, 5.74) is 4.71. The van der Waals surface area contributed by atoms with Gasteiger partial charge in [-0.15, -0.1) is 0 Å². The number of aldehydes is 1. The number of carbonyl (C=O) groups excluding carboxylic acids is 1. The molecule has 1 saturated heterocycles. The average Bonchev–Trinajstić information content (AvgIpc) is 2.84. The monoisotopic (exact) mass is 437 g/mol. The third-order valence-corrected chi connectivity index (χ3v) is 7.07. The molecule has 2 aliphatic heterocycles. The molecule has 2 aromatic rings. The van der Waals surface area contributed by atoms with Crippen LogP contribution in [-0.4, -0.2) is 75.0 Å². The van der Waals surface area contributed by atoms with Crippen molar-refractivity contribution >= 4 is 23.9 Å². The molecule has 2 aliphatic rings. The Hall–Kier alpha value is -2.12. The molecule has 0 aliphatic carbocycles. The number of methoxy groups -OCH3 is 1. The van der Waals surface area contributed by atoms with Crippen molar-refractivity contribution in [2.24, 2.45) is 0 Å². The van der Waals surface area contributed by atoms with Gasteiger partial charge in [0.15, 0.2) is 0 Å². The minimum Gasteiger partial charge on any atom is -0.383 e. The SMILES string of the molecule is COCCN1CCN(c2ccc(-c3ccc(SN4CC=C(C=O)CC4)cc3)cc2)CC1. The highest BCUT2D eigenvalue weighted by Gasteiger charge is 2.17. The van der Waals surface area contributed by atoms with Gasteiger partial charge in [0, 0.05) is 63.5 Å². The summed E-state index contributed by atoms with van der Waals surface area (Å²) in [4.78, 5) is 17.0. The highest BCUT2D eigenvalue weighted by atomic mass is 32.2. The van der Waals surface area contributed by atoms with Crippen LogP contribution in [0.15, 0.2) is 65.1 Å². The molecule has 0 spiro atoms. The van der Waals surface area contributed by atoms with Gasteiger partial charge in [0.05, 0.1) is 6.61 Å². The zero-order valence-corrected chi connectivity index (χ0v) is 19.0. The number of piperazine rings is 1. The van der Waals surface area contributed by atoms with Crippen LogP contribution in [-0.2, 0) is 9.53 Å². The fourth-order valence-corrected chi connectivity index (χ4v) is 4.92. The number of nitrogens with zero attached hydrogens (tertiary/aromatic N) is 3. The minimum atomic E-state index is 0.808. The third kappa shape index (κ3) is 5.98. The lowest BCUT2D eigenvalue weighted by atomic mass is 10.1. The fraction of sp³-hybridized carbons (Fsp3) is 0.400. The molecule has 2 heterocycles. The van der Waals surface area contributed by atoms with Gasteiger partial charge in [-0.1, -0.05) is 30.3 Å². The average molecular weight is 438 g/mol. The number of ether oxygens (including phenoxy) is 1. The van der Waals surface area contributed by atoms with E-state index >= 15 is 0 Å². The van der Waals surface area contributed by atoms with Crippen LogP contribution in [0, 0.1) is 0 Å². The molecule has 5 nitrogen and oxygen atoms in total. The van der Waals surface area contributed by atoms with Crippen LogP contribution in [0.4, 0.5) is 5.69 Å². The zero-order chi connectivity index (χ0) is 21.5. The maximum Gasteiger partial charge on any atom is 0.145 e. The molecule has 1 fully saturated rings. The Balaban J connectivity index is 1.31. The van der Waals surface area contributed by atoms with Gasteiger partial charge < -0.3 is 9.64 Å². The van der Waals surface area contributed by atoms with Crippen molar-refractivity contribution in [1.82, 2.24) is 9.21 Å². The van der Waals surface area contributed by atoms with Crippen molar-refractivity contribution in [2.75, 3.05) is 64.4 Å². The van der Waals surface area contributed by atoms with E-state index in [9.17, 15) is 4.79 Å². The Morgan fingerprint density at radius 2 is 1.61 bits per heavy atom. The van der Waals surface area contributed by atoms with E-state index in [0.29, 0.717) is 0 Å². The molecule has 2 aromatic carbocycles. The minimum absolute atomic E-state index is 0.808. The van der Waals surface area contributed by atoms with E-state index in [1.54, 1.807) is 19.1 Å². The Kier molecular flexibility index (Phi) is 7.81. The lowest BCUT2D eigenvalue weighted by Crippen LogP contribution is -2.47. The molecule has 164 valence electrons. The number of benzene rings is 2. The smallest absolute Gasteiger partial charge is 0.145 e. The summed E-state index contributed by atoms with van der Waals surface area (Å²) < 4.78 is 7.49. The van der Waals surface area contributed by atoms with Crippen molar-refractivity contribution in [2.45, 2.75) is 11.3 Å². The summed E-state index contributed by atoms with van der Waals surface area (Å²) in [6, 6.07) is 17.7. The van der Waals surface area contributed by atoms with E-state index < -0.39 is 0 Å². The fourth-order valence-electron chi connectivity index (χ4n) is 4.03. The van der Waals surface area contributed by atoms with Crippen molar-refractivity contribution in [3.05, 3.63) is 60.2 Å². The number of carbonyl (C=O) groups is 1.